The molecule has 6 nitrogen and oxygen atoms in total. The maximum absolute atomic E-state index is 10.9. The number of rotatable bonds is 4. The molecule has 1 heterocycles. The second-order valence-electron chi connectivity index (χ2n) is 3.25. The van der Waals surface area contributed by atoms with E-state index in [2.05, 4.69) is 20.8 Å². The summed E-state index contributed by atoms with van der Waals surface area (Å²) < 4.78 is 5.29. The monoisotopic (exact) mass is 196 g/mol. The molecule has 2 N–H and O–H groups in total. The van der Waals surface area contributed by atoms with Crippen molar-refractivity contribution in [3.05, 3.63) is 5.89 Å². The zero-order valence-corrected chi connectivity index (χ0v) is 7.91. The molecule has 6 heteroatoms. The number of amides is 1. The highest BCUT2D eigenvalue weighted by Gasteiger charge is 2.29. The van der Waals surface area contributed by atoms with Gasteiger partial charge in [-0.25, -0.2) is 0 Å². The van der Waals surface area contributed by atoms with Gasteiger partial charge in [0.15, 0.2) is 0 Å². The van der Waals surface area contributed by atoms with Crippen molar-refractivity contribution in [1.29, 1.82) is 0 Å². The second kappa shape index (κ2) is 3.65. The van der Waals surface area contributed by atoms with Gasteiger partial charge in [0.2, 0.25) is 11.8 Å². The van der Waals surface area contributed by atoms with Crippen molar-refractivity contribution in [2.75, 3.05) is 18.9 Å². The smallest absolute Gasteiger partial charge is 0.315 e. The zero-order chi connectivity index (χ0) is 9.97. The van der Waals surface area contributed by atoms with Gasteiger partial charge in [0.1, 0.15) is 0 Å². The average Bonchev–Trinajstić information content (AvgIpc) is 2.95. The largest absolute Gasteiger partial charge is 0.408 e. The van der Waals surface area contributed by atoms with Gasteiger partial charge in [-0.15, -0.1) is 5.10 Å². The molecule has 0 spiro atoms. The Morgan fingerprint density at radius 2 is 2.36 bits per heavy atom. The molecule has 0 aromatic carbocycles. The van der Waals surface area contributed by atoms with Crippen LogP contribution in [0.3, 0.4) is 0 Å². The minimum Gasteiger partial charge on any atom is -0.408 e. The van der Waals surface area contributed by atoms with Crippen molar-refractivity contribution < 1.29 is 9.21 Å². The molecule has 1 aliphatic carbocycles. The second-order valence-corrected chi connectivity index (χ2v) is 3.25. The Morgan fingerprint density at radius 3 is 3.00 bits per heavy atom. The molecule has 1 saturated carbocycles. The predicted molar refractivity (Wildman–Crippen MR) is 48.8 cm³/mol. The quantitative estimate of drug-likeness (QED) is 0.714. The summed E-state index contributed by atoms with van der Waals surface area (Å²) in [5, 5.41) is 12.9. The molecular formula is C8H12N4O2. The van der Waals surface area contributed by atoms with Crippen LogP contribution < -0.4 is 10.6 Å². The first-order valence-electron chi connectivity index (χ1n) is 4.57. The fourth-order valence-electron chi connectivity index (χ4n) is 1.05. The molecule has 0 unspecified atom stereocenters. The van der Waals surface area contributed by atoms with Gasteiger partial charge in [-0.3, -0.25) is 4.79 Å². The number of anilines is 1. The number of carbonyl (C=O) groups excluding carboxylic acids is 1. The van der Waals surface area contributed by atoms with Crippen LogP contribution in [-0.2, 0) is 4.79 Å². The van der Waals surface area contributed by atoms with Gasteiger partial charge < -0.3 is 15.1 Å². The molecule has 14 heavy (non-hydrogen) atoms. The Kier molecular flexibility index (Phi) is 2.34. The number of carbonyl (C=O) groups is 1. The maximum atomic E-state index is 10.9. The first kappa shape index (κ1) is 8.98. The molecule has 2 rings (SSSR count). The lowest BCUT2D eigenvalue weighted by Crippen LogP contribution is -2.26. The van der Waals surface area contributed by atoms with Gasteiger partial charge in [0.05, 0.1) is 6.54 Å². The number of nitrogens with zero attached hydrogens (tertiary/aromatic N) is 2. The van der Waals surface area contributed by atoms with Crippen molar-refractivity contribution in [1.82, 2.24) is 15.5 Å². The third-order valence-electron chi connectivity index (χ3n) is 2.05. The number of nitrogens with one attached hydrogen (secondary N) is 2. The van der Waals surface area contributed by atoms with Crippen LogP contribution in [-0.4, -0.2) is 29.7 Å². The molecule has 1 aliphatic rings. The molecule has 0 aliphatic heterocycles. The van der Waals surface area contributed by atoms with Crippen molar-refractivity contribution in [2.24, 2.45) is 0 Å². The van der Waals surface area contributed by atoms with E-state index in [4.69, 9.17) is 4.42 Å². The molecule has 0 radical (unpaired) electrons. The Hall–Kier alpha value is -1.59. The van der Waals surface area contributed by atoms with Crippen LogP contribution in [0, 0.1) is 0 Å². The van der Waals surface area contributed by atoms with E-state index < -0.39 is 0 Å². The molecular weight excluding hydrogens is 184 g/mol. The van der Waals surface area contributed by atoms with Gasteiger partial charge >= 0.3 is 6.01 Å². The maximum Gasteiger partial charge on any atom is 0.315 e. The zero-order valence-electron chi connectivity index (χ0n) is 7.91. The first-order chi connectivity index (χ1) is 6.79. The lowest BCUT2D eigenvalue weighted by atomic mass is 10.4. The SMILES string of the molecule is CNC(=O)CNc1nnc(C2CC2)o1. The molecule has 76 valence electrons. The number of hydrogen-bond acceptors (Lipinski definition) is 5. The van der Waals surface area contributed by atoms with E-state index in [0.29, 0.717) is 17.8 Å². The summed E-state index contributed by atoms with van der Waals surface area (Å²) in [6, 6.07) is 0.315. The molecule has 0 atom stereocenters. The Bertz CT molecular complexity index is 332. The van der Waals surface area contributed by atoms with Crippen LogP contribution in [0.15, 0.2) is 4.42 Å². The van der Waals surface area contributed by atoms with Crippen LogP contribution in [0.1, 0.15) is 24.7 Å². The molecule has 0 saturated heterocycles. The predicted octanol–water partition coefficient (Wildman–Crippen LogP) is 0.105. The first-order valence-corrected chi connectivity index (χ1v) is 4.57. The summed E-state index contributed by atoms with van der Waals surface area (Å²) >= 11 is 0. The molecule has 0 bridgehead atoms. The number of hydrogen-bond donors (Lipinski definition) is 2. The molecule has 1 amide bonds. The minimum atomic E-state index is -0.115. The lowest BCUT2D eigenvalue weighted by Gasteiger charge is -1.98. The van der Waals surface area contributed by atoms with Crippen LogP contribution in [0.2, 0.25) is 0 Å². The minimum absolute atomic E-state index is 0.115. The van der Waals surface area contributed by atoms with Crippen molar-refractivity contribution in [2.45, 2.75) is 18.8 Å². The molecule has 1 aromatic heterocycles. The number of likely N-dealkylation sites (N-methyl/N-ethyl adjacent to an activating group) is 1. The van der Waals surface area contributed by atoms with Crippen LogP contribution in [0.25, 0.3) is 0 Å². The van der Waals surface area contributed by atoms with E-state index in [9.17, 15) is 4.79 Å². The highest BCUT2D eigenvalue weighted by Crippen LogP contribution is 2.39. The van der Waals surface area contributed by atoms with E-state index in [1.165, 1.54) is 0 Å². The Morgan fingerprint density at radius 1 is 1.57 bits per heavy atom. The highest BCUT2D eigenvalue weighted by atomic mass is 16.4. The molecule has 1 fully saturated rings. The summed E-state index contributed by atoms with van der Waals surface area (Å²) in [5.41, 5.74) is 0. The fourth-order valence-corrected chi connectivity index (χ4v) is 1.05. The standard InChI is InChI=1S/C8H12N4O2/c1-9-6(13)4-10-8-12-11-7(14-8)5-2-3-5/h5H,2-4H2,1H3,(H,9,13)(H,10,12). The Labute approximate surface area is 81.1 Å². The molecule has 1 aromatic rings. The van der Waals surface area contributed by atoms with Crippen molar-refractivity contribution in [3.63, 3.8) is 0 Å². The average molecular weight is 196 g/mol. The van der Waals surface area contributed by atoms with Gasteiger partial charge in [0.25, 0.3) is 0 Å². The Balaban J connectivity index is 1.86. The van der Waals surface area contributed by atoms with Crippen LogP contribution in [0.4, 0.5) is 6.01 Å². The van der Waals surface area contributed by atoms with Gasteiger partial charge in [-0.2, -0.15) is 0 Å². The summed E-state index contributed by atoms with van der Waals surface area (Å²) in [4.78, 5) is 10.9. The third kappa shape index (κ3) is 2.01. The topological polar surface area (TPSA) is 80.0 Å². The van der Waals surface area contributed by atoms with Crippen LogP contribution in [0.5, 0.6) is 0 Å². The normalized spacial score (nSPS) is 15.2. The number of aromatic nitrogens is 2. The summed E-state index contributed by atoms with van der Waals surface area (Å²) in [6.07, 6.45) is 2.24. The van der Waals surface area contributed by atoms with E-state index in [0.717, 1.165) is 12.8 Å². The van der Waals surface area contributed by atoms with Crippen LogP contribution >= 0.6 is 0 Å². The highest BCUT2D eigenvalue weighted by molar-refractivity contribution is 5.79. The van der Waals surface area contributed by atoms with Gasteiger partial charge in [-0.05, 0) is 12.8 Å². The van der Waals surface area contributed by atoms with Crippen molar-refractivity contribution in [3.8, 4) is 0 Å². The van der Waals surface area contributed by atoms with E-state index in [1.807, 2.05) is 0 Å². The van der Waals surface area contributed by atoms with Gasteiger partial charge in [0, 0.05) is 13.0 Å². The van der Waals surface area contributed by atoms with E-state index >= 15 is 0 Å². The van der Waals surface area contributed by atoms with Crippen molar-refractivity contribution >= 4 is 11.9 Å². The summed E-state index contributed by atoms with van der Waals surface area (Å²) in [6.45, 7) is 0.156. The summed E-state index contributed by atoms with van der Waals surface area (Å²) in [7, 11) is 1.58. The lowest BCUT2D eigenvalue weighted by molar-refractivity contribution is -0.118. The van der Waals surface area contributed by atoms with Gasteiger partial charge in [-0.1, -0.05) is 5.10 Å². The third-order valence-corrected chi connectivity index (χ3v) is 2.05. The fraction of sp³-hybridized carbons (Fsp3) is 0.625. The summed E-state index contributed by atoms with van der Waals surface area (Å²) in [5.74, 6) is 0.999. The van der Waals surface area contributed by atoms with E-state index in [-0.39, 0.29) is 12.5 Å². The van der Waals surface area contributed by atoms with E-state index in [1.54, 1.807) is 7.05 Å².